The molecular formula is C16H18F3NO4. The molecular weight excluding hydrogens is 327 g/mol. The molecule has 1 aromatic rings. The number of piperidine rings is 1. The first-order chi connectivity index (χ1) is 11.4. The van der Waals surface area contributed by atoms with Crippen LogP contribution in [0.1, 0.15) is 23.2 Å². The SMILES string of the molecule is COc1cc(C(=O)N2CCCC(C(F)(F)F)C2)cc2c1OCCO2. The molecule has 1 aromatic carbocycles. The number of hydrogen-bond acceptors (Lipinski definition) is 4. The summed E-state index contributed by atoms with van der Waals surface area (Å²) in [5, 5.41) is 0. The van der Waals surface area contributed by atoms with Gasteiger partial charge in [-0.15, -0.1) is 0 Å². The smallest absolute Gasteiger partial charge is 0.393 e. The zero-order chi connectivity index (χ0) is 17.3. The molecule has 0 spiro atoms. The molecule has 0 aromatic heterocycles. The maximum absolute atomic E-state index is 12.9. The molecule has 1 saturated heterocycles. The summed E-state index contributed by atoms with van der Waals surface area (Å²) in [5.74, 6) is -0.825. The van der Waals surface area contributed by atoms with E-state index in [-0.39, 0.29) is 18.5 Å². The Kier molecular flexibility index (Phi) is 4.47. The van der Waals surface area contributed by atoms with Crippen molar-refractivity contribution in [2.75, 3.05) is 33.4 Å². The van der Waals surface area contributed by atoms with Crippen molar-refractivity contribution in [3.8, 4) is 17.2 Å². The Balaban J connectivity index is 1.84. The average molecular weight is 345 g/mol. The second kappa shape index (κ2) is 6.41. The molecule has 5 nitrogen and oxygen atoms in total. The number of alkyl halides is 3. The third kappa shape index (κ3) is 3.22. The highest BCUT2D eigenvalue weighted by Gasteiger charge is 2.42. The molecule has 24 heavy (non-hydrogen) atoms. The van der Waals surface area contributed by atoms with Crippen molar-refractivity contribution in [1.82, 2.24) is 4.90 Å². The number of nitrogens with zero attached hydrogens (tertiary/aromatic N) is 1. The Bertz CT molecular complexity index is 615. The molecule has 0 N–H and O–H groups in total. The van der Waals surface area contributed by atoms with Gasteiger partial charge in [0.1, 0.15) is 13.2 Å². The molecule has 132 valence electrons. The lowest BCUT2D eigenvalue weighted by Crippen LogP contribution is -2.44. The summed E-state index contributed by atoms with van der Waals surface area (Å²) in [6.07, 6.45) is -3.90. The third-order valence-corrected chi connectivity index (χ3v) is 4.25. The van der Waals surface area contributed by atoms with Gasteiger partial charge in [0.25, 0.3) is 5.91 Å². The Hall–Kier alpha value is -2.12. The molecule has 1 fully saturated rings. The largest absolute Gasteiger partial charge is 0.493 e. The lowest BCUT2D eigenvalue weighted by atomic mass is 9.97. The van der Waals surface area contributed by atoms with E-state index in [4.69, 9.17) is 14.2 Å². The lowest BCUT2D eigenvalue weighted by molar-refractivity contribution is -0.184. The van der Waals surface area contributed by atoms with Crippen molar-refractivity contribution < 1.29 is 32.2 Å². The van der Waals surface area contributed by atoms with Crippen LogP contribution in [0.25, 0.3) is 0 Å². The molecule has 2 aliphatic heterocycles. The summed E-state index contributed by atoms with van der Waals surface area (Å²) in [6.45, 7) is 0.699. The maximum atomic E-state index is 12.9. The van der Waals surface area contributed by atoms with Crippen LogP contribution in [-0.4, -0.2) is 50.4 Å². The van der Waals surface area contributed by atoms with Crippen LogP contribution in [0.3, 0.4) is 0 Å². The molecule has 3 rings (SSSR count). The van der Waals surface area contributed by atoms with Crippen LogP contribution in [0.15, 0.2) is 12.1 Å². The van der Waals surface area contributed by atoms with Crippen LogP contribution in [0.2, 0.25) is 0 Å². The van der Waals surface area contributed by atoms with Gasteiger partial charge < -0.3 is 19.1 Å². The number of benzene rings is 1. The van der Waals surface area contributed by atoms with E-state index in [1.807, 2.05) is 0 Å². The normalized spacial score (nSPS) is 20.7. The van der Waals surface area contributed by atoms with E-state index in [1.165, 1.54) is 24.1 Å². The highest BCUT2D eigenvalue weighted by atomic mass is 19.4. The van der Waals surface area contributed by atoms with Gasteiger partial charge in [-0.1, -0.05) is 0 Å². The molecule has 0 radical (unpaired) electrons. The Morgan fingerprint density at radius 3 is 2.75 bits per heavy atom. The first kappa shape index (κ1) is 16.7. The van der Waals surface area contributed by atoms with Crippen LogP contribution >= 0.6 is 0 Å². The quantitative estimate of drug-likeness (QED) is 0.827. The highest BCUT2D eigenvalue weighted by Crippen LogP contribution is 2.41. The first-order valence-electron chi connectivity index (χ1n) is 7.73. The fraction of sp³-hybridized carbons (Fsp3) is 0.562. The summed E-state index contributed by atoms with van der Waals surface area (Å²) in [5.41, 5.74) is 0.235. The van der Waals surface area contributed by atoms with E-state index in [9.17, 15) is 18.0 Å². The molecule has 1 atom stereocenters. The first-order valence-corrected chi connectivity index (χ1v) is 7.73. The molecule has 1 amide bonds. The predicted molar refractivity (Wildman–Crippen MR) is 78.7 cm³/mol. The van der Waals surface area contributed by atoms with Gasteiger partial charge in [-0.2, -0.15) is 13.2 Å². The van der Waals surface area contributed by atoms with Crippen molar-refractivity contribution in [2.45, 2.75) is 19.0 Å². The molecule has 1 unspecified atom stereocenters. The van der Waals surface area contributed by atoms with Gasteiger partial charge in [0.2, 0.25) is 5.75 Å². The third-order valence-electron chi connectivity index (χ3n) is 4.25. The number of fused-ring (bicyclic) bond motifs is 1. The number of carbonyl (C=O) groups is 1. The Morgan fingerprint density at radius 1 is 1.29 bits per heavy atom. The van der Waals surface area contributed by atoms with E-state index in [0.717, 1.165) is 0 Å². The summed E-state index contributed by atoms with van der Waals surface area (Å²) in [6, 6.07) is 2.98. The van der Waals surface area contributed by atoms with Gasteiger partial charge in [-0.25, -0.2) is 0 Å². The zero-order valence-corrected chi connectivity index (χ0v) is 13.2. The Morgan fingerprint density at radius 2 is 2.04 bits per heavy atom. The van der Waals surface area contributed by atoms with Crippen molar-refractivity contribution in [2.24, 2.45) is 5.92 Å². The molecule has 0 aliphatic carbocycles. The number of rotatable bonds is 2. The summed E-state index contributed by atoms with van der Waals surface area (Å²) in [4.78, 5) is 13.9. The van der Waals surface area contributed by atoms with Crippen molar-refractivity contribution >= 4 is 5.91 Å². The fourth-order valence-electron chi connectivity index (χ4n) is 3.01. The van der Waals surface area contributed by atoms with Gasteiger partial charge in [0.05, 0.1) is 13.0 Å². The molecule has 0 saturated carbocycles. The summed E-state index contributed by atoms with van der Waals surface area (Å²) >= 11 is 0. The second-order valence-corrected chi connectivity index (χ2v) is 5.83. The monoisotopic (exact) mass is 345 g/mol. The highest BCUT2D eigenvalue weighted by molar-refractivity contribution is 5.95. The van der Waals surface area contributed by atoms with E-state index >= 15 is 0 Å². The van der Waals surface area contributed by atoms with Crippen LogP contribution in [0.5, 0.6) is 17.2 Å². The predicted octanol–water partition coefficient (Wildman–Crippen LogP) is 2.88. The van der Waals surface area contributed by atoms with E-state index in [2.05, 4.69) is 0 Å². The van der Waals surface area contributed by atoms with Crippen LogP contribution in [0.4, 0.5) is 13.2 Å². The van der Waals surface area contributed by atoms with Crippen LogP contribution in [-0.2, 0) is 0 Å². The molecule has 0 bridgehead atoms. The minimum absolute atomic E-state index is 0.0533. The number of ether oxygens (including phenoxy) is 3. The zero-order valence-electron chi connectivity index (χ0n) is 13.2. The summed E-state index contributed by atoms with van der Waals surface area (Å²) in [7, 11) is 1.43. The van der Waals surface area contributed by atoms with E-state index < -0.39 is 18.0 Å². The van der Waals surface area contributed by atoms with Gasteiger partial charge in [0.15, 0.2) is 11.5 Å². The topological polar surface area (TPSA) is 48.0 Å². The van der Waals surface area contributed by atoms with Gasteiger partial charge in [-0.05, 0) is 25.0 Å². The Labute approximate surface area is 137 Å². The van der Waals surface area contributed by atoms with E-state index in [0.29, 0.717) is 43.4 Å². The molecule has 8 heteroatoms. The van der Waals surface area contributed by atoms with Crippen molar-refractivity contribution in [3.05, 3.63) is 17.7 Å². The minimum Gasteiger partial charge on any atom is -0.493 e. The maximum Gasteiger partial charge on any atom is 0.393 e. The van der Waals surface area contributed by atoms with Gasteiger partial charge in [0, 0.05) is 18.7 Å². The molecule has 2 heterocycles. The van der Waals surface area contributed by atoms with Gasteiger partial charge >= 0.3 is 6.18 Å². The lowest BCUT2D eigenvalue weighted by Gasteiger charge is -2.34. The van der Waals surface area contributed by atoms with Crippen molar-refractivity contribution in [3.63, 3.8) is 0 Å². The van der Waals surface area contributed by atoms with Crippen LogP contribution in [0, 0.1) is 5.92 Å². The van der Waals surface area contributed by atoms with Crippen LogP contribution < -0.4 is 14.2 Å². The number of likely N-dealkylation sites (tertiary alicyclic amines) is 1. The number of hydrogen-bond donors (Lipinski definition) is 0. The summed E-state index contributed by atoms with van der Waals surface area (Å²) < 4.78 is 54.9. The van der Waals surface area contributed by atoms with Gasteiger partial charge in [-0.3, -0.25) is 4.79 Å². The van der Waals surface area contributed by atoms with E-state index in [1.54, 1.807) is 0 Å². The molecule has 2 aliphatic rings. The number of amides is 1. The van der Waals surface area contributed by atoms with Crippen molar-refractivity contribution in [1.29, 1.82) is 0 Å². The number of halogens is 3. The average Bonchev–Trinajstić information content (AvgIpc) is 2.59. The minimum atomic E-state index is -4.29. The number of carbonyl (C=O) groups excluding carboxylic acids is 1. The second-order valence-electron chi connectivity index (χ2n) is 5.83. The fourth-order valence-corrected chi connectivity index (χ4v) is 3.01. The standard InChI is InChI=1S/C16H18F3NO4/c1-22-12-7-10(8-13-14(12)24-6-5-23-13)15(21)20-4-2-3-11(9-20)16(17,18)19/h7-8,11H,2-6,9H2,1H3. The number of methoxy groups -OCH3 is 1.